The number of hydrogen-bond acceptors (Lipinski definition) is 3. The highest BCUT2D eigenvalue weighted by Crippen LogP contribution is 2.57. The van der Waals surface area contributed by atoms with Crippen LogP contribution in [0.4, 0.5) is 5.82 Å². The number of fused-ring (bicyclic) bond motifs is 2. The Morgan fingerprint density at radius 1 is 1.33 bits per heavy atom. The van der Waals surface area contributed by atoms with Crippen molar-refractivity contribution in [2.24, 2.45) is 17.8 Å². The molecule has 2 aromatic rings. The monoisotopic (exact) mass is 242 g/mol. The van der Waals surface area contributed by atoms with E-state index in [9.17, 15) is 4.79 Å². The van der Waals surface area contributed by atoms with Gasteiger partial charge in [-0.1, -0.05) is 6.42 Å². The molecule has 3 atom stereocenters. The number of carbonyl (C=O) groups is 1. The minimum Gasteiger partial charge on any atom is -0.310 e. The Morgan fingerprint density at radius 3 is 3.00 bits per heavy atom. The molecule has 0 saturated heterocycles. The molecule has 0 aliphatic heterocycles. The number of aromatic amines is 1. The first-order valence-electron chi connectivity index (χ1n) is 6.43. The lowest BCUT2D eigenvalue weighted by atomic mass is 10.1. The molecule has 2 N–H and O–H groups in total. The molecule has 4 rings (SSSR count). The first-order chi connectivity index (χ1) is 8.83. The minimum atomic E-state index is 0.139. The Labute approximate surface area is 104 Å². The van der Waals surface area contributed by atoms with E-state index in [1.54, 1.807) is 12.4 Å². The van der Waals surface area contributed by atoms with Crippen LogP contribution in [0.3, 0.4) is 0 Å². The molecule has 0 bridgehead atoms. The summed E-state index contributed by atoms with van der Waals surface area (Å²) in [7, 11) is 0. The van der Waals surface area contributed by atoms with Crippen molar-refractivity contribution in [2.75, 3.05) is 5.32 Å². The first-order valence-corrected chi connectivity index (χ1v) is 6.43. The molecule has 5 nitrogen and oxygen atoms in total. The molecule has 1 amide bonds. The van der Waals surface area contributed by atoms with Gasteiger partial charge in [-0.15, -0.1) is 0 Å². The normalized spacial score (nSPS) is 29.2. The van der Waals surface area contributed by atoms with Crippen molar-refractivity contribution in [3.63, 3.8) is 0 Å². The Morgan fingerprint density at radius 2 is 2.17 bits per heavy atom. The third-order valence-corrected chi connectivity index (χ3v) is 4.29. The number of pyridine rings is 1. The smallest absolute Gasteiger partial charge is 0.229 e. The fourth-order valence-corrected chi connectivity index (χ4v) is 3.33. The summed E-state index contributed by atoms with van der Waals surface area (Å²) in [5.74, 6) is 2.28. The van der Waals surface area contributed by atoms with Crippen LogP contribution in [-0.4, -0.2) is 21.1 Å². The van der Waals surface area contributed by atoms with Gasteiger partial charge in [-0.2, -0.15) is 5.10 Å². The van der Waals surface area contributed by atoms with Gasteiger partial charge < -0.3 is 5.32 Å². The van der Waals surface area contributed by atoms with Crippen LogP contribution in [0, 0.1) is 17.8 Å². The van der Waals surface area contributed by atoms with Crippen molar-refractivity contribution in [1.82, 2.24) is 15.2 Å². The van der Waals surface area contributed by atoms with Crippen molar-refractivity contribution >= 4 is 22.6 Å². The minimum absolute atomic E-state index is 0.139. The molecule has 0 radical (unpaired) electrons. The molecule has 1 unspecified atom stereocenters. The van der Waals surface area contributed by atoms with E-state index < -0.39 is 0 Å². The second-order valence-corrected chi connectivity index (χ2v) is 5.30. The fourth-order valence-electron chi connectivity index (χ4n) is 3.33. The van der Waals surface area contributed by atoms with Gasteiger partial charge in [-0.25, -0.2) is 4.98 Å². The van der Waals surface area contributed by atoms with Gasteiger partial charge in [0.2, 0.25) is 5.91 Å². The van der Waals surface area contributed by atoms with Gasteiger partial charge in [0.05, 0.1) is 17.9 Å². The topological polar surface area (TPSA) is 70.7 Å². The molecule has 2 aromatic heterocycles. The second kappa shape index (κ2) is 3.54. The Bertz CT molecular complexity index is 610. The van der Waals surface area contributed by atoms with E-state index in [-0.39, 0.29) is 11.8 Å². The lowest BCUT2D eigenvalue weighted by molar-refractivity contribution is -0.118. The van der Waals surface area contributed by atoms with Crippen molar-refractivity contribution in [2.45, 2.75) is 19.3 Å². The number of hydrogen-bond donors (Lipinski definition) is 2. The quantitative estimate of drug-likeness (QED) is 0.845. The largest absolute Gasteiger partial charge is 0.310 e. The van der Waals surface area contributed by atoms with Crippen LogP contribution in [0.2, 0.25) is 0 Å². The van der Waals surface area contributed by atoms with E-state index in [0.29, 0.717) is 17.7 Å². The van der Waals surface area contributed by atoms with E-state index in [1.807, 2.05) is 6.07 Å². The van der Waals surface area contributed by atoms with E-state index in [4.69, 9.17) is 0 Å². The summed E-state index contributed by atoms with van der Waals surface area (Å²) in [6, 6.07) is 1.86. The molecule has 2 fully saturated rings. The lowest BCUT2D eigenvalue weighted by Crippen LogP contribution is -2.17. The number of nitrogens with zero attached hydrogens (tertiary/aromatic N) is 2. The maximum atomic E-state index is 12.1. The van der Waals surface area contributed by atoms with E-state index in [2.05, 4.69) is 20.5 Å². The third-order valence-electron chi connectivity index (χ3n) is 4.29. The molecule has 92 valence electrons. The Hall–Kier alpha value is -1.91. The molecule has 5 heteroatoms. The van der Waals surface area contributed by atoms with Crippen LogP contribution >= 0.6 is 0 Å². The molecular formula is C13H14N4O. The van der Waals surface area contributed by atoms with Crippen LogP contribution in [0.1, 0.15) is 19.3 Å². The number of aromatic nitrogens is 3. The van der Waals surface area contributed by atoms with Crippen LogP contribution in [0.5, 0.6) is 0 Å². The van der Waals surface area contributed by atoms with Gasteiger partial charge in [0.15, 0.2) is 0 Å². The summed E-state index contributed by atoms with van der Waals surface area (Å²) in [5.41, 5.74) is 0.885. The summed E-state index contributed by atoms with van der Waals surface area (Å²) in [6.45, 7) is 0. The molecule has 0 spiro atoms. The van der Waals surface area contributed by atoms with Gasteiger partial charge in [-0.05, 0) is 30.7 Å². The van der Waals surface area contributed by atoms with Crippen molar-refractivity contribution in [1.29, 1.82) is 0 Å². The SMILES string of the molecule is O=C(Nc1cc2cn[nH]c2cn1)C1[C@H]2CCC[C@@H]12. The van der Waals surface area contributed by atoms with E-state index >= 15 is 0 Å². The maximum absolute atomic E-state index is 12.1. The predicted molar refractivity (Wildman–Crippen MR) is 66.8 cm³/mol. The first kappa shape index (κ1) is 10.1. The summed E-state index contributed by atoms with van der Waals surface area (Å²) in [5, 5.41) is 10.7. The number of anilines is 1. The van der Waals surface area contributed by atoms with Gasteiger partial charge in [-0.3, -0.25) is 9.89 Å². The van der Waals surface area contributed by atoms with E-state index in [1.165, 1.54) is 19.3 Å². The highest BCUT2D eigenvalue weighted by atomic mass is 16.2. The van der Waals surface area contributed by atoms with Crippen LogP contribution in [0.25, 0.3) is 10.9 Å². The zero-order valence-corrected chi connectivity index (χ0v) is 9.89. The van der Waals surface area contributed by atoms with Crippen LogP contribution in [0.15, 0.2) is 18.5 Å². The molecule has 0 aromatic carbocycles. The van der Waals surface area contributed by atoms with Gasteiger partial charge in [0.25, 0.3) is 0 Å². The Balaban J connectivity index is 1.52. The summed E-state index contributed by atoms with van der Waals surface area (Å²) in [6.07, 6.45) is 7.16. The maximum Gasteiger partial charge on any atom is 0.229 e. The molecule has 2 aliphatic carbocycles. The van der Waals surface area contributed by atoms with Gasteiger partial charge in [0.1, 0.15) is 5.82 Å². The van der Waals surface area contributed by atoms with Crippen molar-refractivity contribution in [3.8, 4) is 0 Å². The van der Waals surface area contributed by atoms with Crippen molar-refractivity contribution < 1.29 is 4.79 Å². The predicted octanol–water partition coefficient (Wildman–Crippen LogP) is 1.94. The van der Waals surface area contributed by atoms with Crippen LogP contribution in [-0.2, 0) is 4.79 Å². The van der Waals surface area contributed by atoms with Crippen molar-refractivity contribution in [3.05, 3.63) is 18.5 Å². The molecule has 2 heterocycles. The second-order valence-electron chi connectivity index (χ2n) is 5.30. The number of H-pyrrole nitrogens is 1. The van der Waals surface area contributed by atoms with Crippen LogP contribution < -0.4 is 5.32 Å². The summed E-state index contributed by atoms with van der Waals surface area (Å²) in [4.78, 5) is 16.3. The summed E-state index contributed by atoms with van der Waals surface area (Å²) >= 11 is 0. The number of rotatable bonds is 2. The number of nitrogens with one attached hydrogen (secondary N) is 2. The molecular weight excluding hydrogens is 228 g/mol. The zero-order chi connectivity index (χ0) is 12.1. The standard InChI is InChI=1S/C13H14N4O/c18-13(12-8-2-1-3-9(8)12)16-11-4-7-5-15-17-10(7)6-14-11/h4-6,8-9,12H,1-3H2,(H,15,17)(H,14,16,18)/t8-,9+,12?. The lowest BCUT2D eigenvalue weighted by Gasteiger charge is -2.05. The third kappa shape index (κ3) is 1.43. The highest BCUT2D eigenvalue weighted by Gasteiger charge is 2.56. The molecule has 2 saturated carbocycles. The van der Waals surface area contributed by atoms with Gasteiger partial charge in [0, 0.05) is 11.3 Å². The van der Waals surface area contributed by atoms with E-state index in [0.717, 1.165) is 10.9 Å². The number of carbonyl (C=O) groups excluding carboxylic acids is 1. The highest BCUT2D eigenvalue weighted by molar-refractivity contribution is 5.95. The summed E-state index contributed by atoms with van der Waals surface area (Å²) < 4.78 is 0. The molecule has 18 heavy (non-hydrogen) atoms. The van der Waals surface area contributed by atoms with Gasteiger partial charge >= 0.3 is 0 Å². The fraction of sp³-hybridized carbons (Fsp3) is 0.462. The Kier molecular flexibility index (Phi) is 1.98. The average Bonchev–Trinajstić information content (AvgIpc) is 2.78. The number of amides is 1. The zero-order valence-electron chi connectivity index (χ0n) is 9.89. The molecule has 2 aliphatic rings. The average molecular weight is 242 g/mol.